The Bertz CT molecular complexity index is 629. The monoisotopic (exact) mass is 413 g/mol. The molecule has 28 heavy (non-hydrogen) atoms. The van der Waals surface area contributed by atoms with Gasteiger partial charge in [0, 0.05) is 12.2 Å². The number of ether oxygens (including phenoxy) is 2. The number of hydrogen-bond donors (Lipinski definition) is 2. The zero-order valence-corrected chi connectivity index (χ0v) is 18.7. The highest BCUT2D eigenvalue weighted by Gasteiger charge is 2.22. The predicted octanol–water partition coefficient (Wildman–Crippen LogP) is 5.40. The number of carbonyl (C=O) groups excluding carboxylic acids is 1. The largest absolute Gasteiger partial charge is 0.484 e. The van der Waals surface area contributed by atoms with Crippen LogP contribution < -0.4 is 10.1 Å². The fraction of sp³-hybridized carbons (Fsp3) is 0.667. The Labute approximate surface area is 169 Å². The van der Waals surface area contributed by atoms with E-state index in [1.54, 1.807) is 12.1 Å². The average Bonchev–Trinajstić information content (AvgIpc) is 2.58. The minimum Gasteiger partial charge on any atom is -0.484 e. The van der Waals surface area contributed by atoms with Crippen LogP contribution in [0.1, 0.15) is 60.3 Å². The van der Waals surface area contributed by atoms with Crippen molar-refractivity contribution >= 4 is 13.5 Å². The first-order valence-electron chi connectivity index (χ1n) is 9.99. The van der Waals surface area contributed by atoms with Crippen LogP contribution in [0.25, 0.3) is 0 Å². The van der Waals surface area contributed by atoms with Gasteiger partial charge in [-0.15, -0.1) is 0 Å². The second-order valence-corrected chi connectivity index (χ2v) is 10.8. The maximum atomic E-state index is 12.3. The summed E-state index contributed by atoms with van der Waals surface area (Å²) in [6, 6.07) is 9.06. The van der Waals surface area contributed by atoms with E-state index < -0.39 is 19.1 Å². The van der Waals surface area contributed by atoms with Crippen LogP contribution >= 0.6 is 7.37 Å². The van der Waals surface area contributed by atoms with Crippen LogP contribution in [0, 0.1) is 5.92 Å². The van der Waals surface area contributed by atoms with E-state index in [4.69, 9.17) is 9.47 Å². The minimum atomic E-state index is -3.32. The summed E-state index contributed by atoms with van der Waals surface area (Å²) >= 11 is 0. The Morgan fingerprint density at radius 3 is 2.46 bits per heavy atom. The first-order chi connectivity index (χ1) is 13.0. The first-order valence-corrected chi connectivity index (χ1v) is 12.0. The molecule has 0 aliphatic rings. The van der Waals surface area contributed by atoms with Crippen LogP contribution in [0.15, 0.2) is 30.3 Å². The van der Waals surface area contributed by atoms with Gasteiger partial charge in [0.1, 0.15) is 11.4 Å². The van der Waals surface area contributed by atoms with Crippen molar-refractivity contribution in [2.75, 3.05) is 12.5 Å². The van der Waals surface area contributed by atoms with Gasteiger partial charge < -0.3 is 19.7 Å². The maximum absolute atomic E-state index is 12.3. The van der Waals surface area contributed by atoms with Crippen molar-refractivity contribution in [1.29, 1.82) is 0 Å². The highest BCUT2D eigenvalue weighted by atomic mass is 31.2. The molecule has 0 saturated heterocycles. The SMILES string of the molecule is CCC(CCCP(=O)(O)COc1ccccc1)C[C@@H](C)NC(=O)OC(C)(C)C. The van der Waals surface area contributed by atoms with E-state index in [1.807, 2.05) is 45.9 Å². The molecule has 1 aromatic carbocycles. The lowest BCUT2D eigenvalue weighted by Crippen LogP contribution is -2.38. The molecule has 0 aromatic heterocycles. The van der Waals surface area contributed by atoms with E-state index in [2.05, 4.69) is 12.2 Å². The van der Waals surface area contributed by atoms with Crippen molar-refractivity contribution in [2.45, 2.75) is 71.9 Å². The van der Waals surface area contributed by atoms with Gasteiger partial charge in [0.2, 0.25) is 7.37 Å². The zero-order valence-electron chi connectivity index (χ0n) is 17.8. The quantitative estimate of drug-likeness (QED) is 0.474. The highest BCUT2D eigenvalue weighted by Crippen LogP contribution is 2.42. The number of carbonyl (C=O) groups is 1. The van der Waals surface area contributed by atoms with E-state index in [9.17, 15) is 14.3 Å². The summed E-state index contributed by atoms with van der Waals surface area (Å²) in [4.78, 5) is 22.0. The third kappa shape index (κ3) is 11.4. The topological polar surface area (TPSA) is 84.9 Å². The molecule has 0 bridgehead atoms. The molecule has 0 heterocycles. The van der Waals surface area contributed by atoms with Gasteiger partial charge in [-0.1, -0.05) is 31.5 Å². The van der Waals surface area contributed by atoms with Crippen molar-refractivity contribution in [3.8, 4) is 5.75 Å². The second kappa shape index (κ2) is 11.5. The third-order valence-corrected chi connectivity index (χ3v) is 5.87. The number of hydrogen-bond acceptors (Lipinski definition) is 4. The molecule has 0 saturated carbocycles. The summed E-state index contributed by atoms with van der Waals surface area (Å²) < 4.78 is 23.0. The molecule has 1 amide bonds. The number of nitrogens with one attached hydrogen (secondary N) is 1. The van der Waals surface area contributed by atoms with Crippen molar-refractivity contribution in [2.24, 2.45) is 5.92 Å². The molecule has 2 N–H and O–H groups in total. The number of amides is 1. The molecular weight excluding hydrogens is 377 g/mol. The van der Waals surface area contributed by atoms with Crippen molar-refractivity contribution in [3.05, 3.63) is 30.3 Å². The summed E-state index contributed by atoms with van der Waals surface area (Å²) in [6.45, 7) is 9.56. The van der Waals surface area contributed by atoms with E-state index in [0.29, 0.717) is 18.1 Å². The maximum Gasteiger partial charge on any atom is 0.407 e. The predicted molar refractivity (Wildman–Crippen MR) is 113 cm³/mol. The number of rotatable bonds is 11. The second-order valence-electron chi connectivity index (χ2n) is 8.36. The summed E-state index contributed by atoms with van der Waals surface area (Å²) in [5.41, 5.74) is -0.516. The smallest absolute Gasteiger partial charge is 0.407 e. The van der Waals surface area contributed by atoms with Crippen LogP contribution in [0.2, 0.25) is 0 Å². The molecule has 0 spiro atoms. The Morgan fingerprint density at radius 1 is 1.25 bits per heavy atom. The molecule has 3 atom stereocenters. The van der Waals surface area contributed by atoms with E-state index in [1.165, 1.54) is 0 Å². The number of para-hydroxylation sites is 1. The molecule has 0 aliphatic carbocycles. The summed E-state index contributed by atoms with van der Waals surface area (Å²) in [6.07, 6.45) is 2.93. The number of alkyl carbamates (subject to hydrolysis) is 1. The summed E-state index contributed by atoms with van der Waals surface area (Å²) in [7, 11) is -3.32. The van der Waals surface area contributed by atoms with Gasteiger partial charge >= 0.3 is 6.09 Å². The van der Waals surface area contributed by atoms with E-state index in [0.717, 1.165) is 19.3 Å². The molecule has 1 aromatic rings. The minimum absolute atomic E-state index is 0.0119. The Hall–Kier alpha value is -1.52. The molecule has 160 valence electrons. The average molecular weight is 413 g/mol. The first kappa shape index (κ1) is 24.5. The Kier molecular flexibility index (Phi) is 10.0. The van der Waals surface area contributed by atoms with Crippen molar-refractivity contribution in [3.63, 3.8) is 0 Å². The normalized spacial score (nSPS) is 15.9. The number of benzene rings is 1. The molecule has 0 aliphatic heterocycles. The van der Waals surface area contributed by atoms with E-state index in [-0.39, 0.29) is 18.6 Å². The molecule has 7 heteroatoms. The van der Waals surface area contributed by atoms with Gasteiger partial charge in [-0.3, -0.25) is 4.57 Å². The lowest BCUT2D eigenvalue weighted by atomic mass is 9.93. The van der Waals surface area contributed by atoms with Crippen molar-refractivity contribution in [1.82, 2.24) is 5.32 Å². The lowest BCUT2D eigenvalue weighted by Gasteiger charge is -2.24. The Morgan fingerprint density at radius 2 is 1.89 bits per heavy atom. The summed E-state index contributed by atoms with van der Waals surface area (Å²) in [5.74, 6) is 0.977. The van der Waals surface area contributed by atoms with E-state index >= 15 is 0 Å². The molecular formula is C21H36NO5P. The standard InChI is InChI=1S/C21H36NO5P/c1-6-18(15-17(2)22-20(23)27-21(3,4)5)11-10-14-28(24,25)16-26-19-12-8-7-9-13-19/h7-9,12-13,17-18H,6,10-11,14-16H2,1-5H3,(H,22,23)(H,24,25)/t17-,18?/m1/s1. The molecule has 1 rings (SSSR count). The van der Waals surface area contributed by atoms with Crippen LogP contribution in [-0.4, -0.2) is 35.1 Å². The van der Waals surface area contributed by atoms with Gasteiger partial charge in [0.05, 0.1) is 0 Å². The van der Waals surface area contributed by atoms with Gasteiger partial charge in [0.25, 0.3) is 0 Å². The molecule has 0 fully saturated rings. The Balaban J connectivity index is 2.34. The van der Waals surface area contributed by atoms with Crippen LogP contribution in [-0.2, 0) is 9.30 Å². The molecule has 2 unspecified atom stereocenters. The van der Waals surface area contributed by atoms with Crippen LogP contribution in [0.3, 0.4) is 0 Å². The summed E-state index contributed by atoms with van der Waals surface area (Å²) in [5, 5.41) is 2.86. The lowest BCUT2D eigenvalue weighted by molar-refractivity contribution is 0.0501. The van der Waals surface area contributed by atoms with Crippen LogP contribution in [0.4, 0.5) is 4.79 Å². The van der Waals surface area contributed by atoms with Crippen LogP contribution in [0.5, 0.6) is 5.75 Å². The van der Waals surface area contributed by atoms with Gasteiger partial charge in [0.15, 0.2) is 6.35 Å². The van der Waals surface area contributed by atoms with Gasteiger partial charge in [-0.25, -0.2) is 4.79 Å². The van der Waals surface area contributed by atoms with Crippen molar-refractivity contribution < 1.29 is 23.7 Å². The fourth-order valence-electron chi connectivity index (χ4n) is 2.94. The highest BCUT2D eigenvalue weighted by molar-refractivity contribution is 7.57. The fourth-order valence-corrected chi connectivity index (χ4v) is 4.10. The molecule has 0 radical (unpaired) electrons. The zero-order chi connectivity index (χ0) is 21.2. The van der Waals surface area contributed by atoms with Gasteiger partial charge in [-0.2, -0.15) is 0 Å². The third-order valence-electron chi connectivity index (χ3n) is 4.32. The van der Waals surface area contributed by atoms with Gasteiger partial charge in [-0.05, 0) is 65.0 Å². The molecule has 6 nitrogen and oxygen atoms in total.